The quantitative estimate of drug-likeness (QED) is 0.0747. The van der Waals surface area contributed by atoms with Gasteiger partial charge in [0.25, 0.3) is 5.91 Å². The molecule has 5 aromatic carbocycles. The standard InChI is InChI=1S/C43H47N3O7S2/c1-42(2,3)53-41(50)45-35(29-54-43(31-16-8-5-9-17-31,32-18-10-6-11-19-32)33-20-12-7-13-21-33)28-44-34-23-24-36-30(27-34)15-14-22-37(36)39(47)46-38(40(48)49)25-26-55(4,51)52/h5-24,27,35,38,44H,25-26,28-29H2,1-4H3,(H,45,50)(H,46,47)(H,48,49)/t35-,38+/m1/s1. The van der Waals surface area contributed by atoms with E-state index in [1.807, 2.05) is 93.6 Å². The van der Waals surface area contributed by atoms with Gasteiger partial charge in [-0.3, -0.25) is 4.79 Å². The van der Waals surface area contributed by atoms with Crippen LogP contribution in [0.1, 0.15) is 54.2 Å². The molecule has 288 valence electrons. The van der Waals surface area contributed by atoms with E-state index >= 15 is 0 Å². The Balaban J connectivity index is 1.42. The van der Waals surface area contributed by atoms with Gasteiger partial charge in [-0.15, -0.1) is 11.8 Å². The van der Waals surface area contributed by atoms with E-state index in [2.05, 4.69) is 52.3 Å². The summed E-state index contributed by atoms with van der Waals surface area (Å²) in [4.78, 5) is 38.3. The van der Waals surface area contributed by atoms with Crippen LogP contribution in [0, 0.1) is 0 Å². The van der Waals surface area contributed by atoms with E-state index in [1.165, 1.54) is 0 Å². The fourth-order valence-corrected chi connectivity index (χ4v) is 8.50. The maximum atomic E-state index is 13.3. The van der Waals surface area contributed by atoms with Crippen LogP contribution in [0.25, 0.3) is 10.8 Å². The number of anilines is 1. The molecule has 2 amide bonds. The van der Waals surface area contributed by atoms with E-state index in [0.29, 0.717) is 17.7 Å². The Kier molecular flexibility index (Phi) is 13.3. The van der Waals surface area contributed by atoms with E-state index in [1.54, 1.807) is 30.0 Å². The minimum atomic E-state index is -3.42. The molecule has 0 heterocycles. The number of carboxylic acid groups (broad SMARTS) is 1. The van der Waals surface area contributed by atoms with Crippen molar-refractivity contribution in [2.75, 3.05) is 29.6 Å². The summed E-state index contributed by atoms with van der Waals surface area (Å²) < 4.78 is 28.4. The third kappa shape index (κ3) is 11.1. The third-order valence-electron chi connectivity index (χ3n) is 8.82. The van der Waals surface area contributed by atoms with Gasteiger partial charge in [-0.25, -0.2) is 18.0 Å². The highest BCUT2D eigenvalue weighted by molar-refractivity contribution is 8.00. The Morgan fingerprint density at radius 1 is 0.764 bits per heavy atom. The highest BCUT2D eigenvalue weighted by Gasteiger charge is 2.38. The summed E-state index contributed by atoms with van der Waals surface area (Å²) in [6.07, 6.45) is 0.236. The van der Waals surface area contributed by atoms with E-state index in [0.717, 1.165) is 34.0 Å². The summed E-state index contributed by atoms with van der Waals surface area (Å²) in [5.41, 5.74) is 3.59. The largest absolute Gasteiger partial charge is 0.480 e. The molecule has 0 aromatic heterocycles. The Labute approximate surface area is 327 Å². The molecule has 0 radical (unpaired) electrons. The number of rotatable bonds is 16. The van der Waals surface area contributed by atoms with E-state index in [9.17, 15) is 27.9 Å². The smallest absolute Gasteiger partial charge is 0.407 e. The van der Waals surface area contributed by atoms with Gasteiger partial charge in [-0.1, -0.05) is 109 Å². The molecule has 4 N–H and O–H groups in total. The molecule has 5 rings (SSSR count). The number of carboxylic acids is 1. The number of ether oxygens (including phenoxy) is 1. The first-order chi connectivity index (χ1) is 26.1. The topological polar surface area (TPSA) is 151 Å². The van der Waals surface area contributed by atoms with Crippen LogP contribution in [-0.2, 0) is 24.1 Å². The Hall–Kier alpha value is -5.33. The summed E-state index contributed by atoms with van der Waals surface area (Å²) in [7, 11) is -3.42. The molecule has 0 unspecified atom stereocenters. The zero-order valence-electron chi connectivity index (χ0n) is 31.3. The van der Waals surface area contributed by atoms with Gasteiger partial charge in [0.1, 0.15) is 21.5 Å². The number of carbonyl (C=O) groups excluding carboxylic acids is 2. The average molecular weight is 782 g/mol. The van der Waals surface area contributed by atoms with Crippen molar-refractivity contribution in [1.29, 1.82) is 0 Å². The van der Waals surface area contributed by atoms with Crippen molar-refractivity contribution in [3.05, 3.63) is 150 Å². The van der Waals surface area contributed by atoms with Crippen molar-refractivity contribution < 1.29 is 32.6 Å². The van der Waals surface area contributed by atoms with Gasteiger partial charge >= 0.3 is 12.1 Å². The molecule has 2 atom stereocenters. The van der Waals surface area contributed by atoms with Gasteiger partial charge in [-0.2, -0.15) is 0 Å². The lowest BCUT2D eigenvalue weighted by Crippen LogP contribution is -2.45. The lowest BCUT2D eigenvalue weighted by atomic mass is 9.84. The molecule has 0 bridgehead atoms. The van der Waals surface area contributed by atoms with Crippen LogP contribution in [0.3, 0.4) is 0 Å². The summed E-state index contributed by atoms with van der Waals surface area (Å²) >= 11 is 1.72. The molecule has 10 nitrogen and oxygen atoms in total. The number of thioether (sulfide) groups is 1. The maximum Gasteiger partial charge on any atom is 0.407 e. The summed E-state index contributed by atoms with van der Waals surface area (Å²) in [6, 6.07) is 39.8. The molecule has 0 aliphatic heterocycles. The highest BCUT2D eigenvalue weighted by Crippen LogP contribution is 2.48. The number of alkyl carbamates (subject to hydrolysis) is 1. The first kappa shape index (κ1) is 40.8. The van der Waals surface area contributed by atoms with Crippen molar-refractivity contribution in [1.82, 2.24) is 10.6 Å². The zero-order valence-corrected chi connectivity index (χ0v) is 33.0. The van der Waals surface area contributed by atoms with Gasteiger partial charge in [0.15, 0.2) is 0 Å². The predicted molar refractivity (Wildman–Crippen MR) is 220 cm³/mol. The molecule has 12 heteroatoms. The molecule has 5 aromatic rings. The number of hydrogen-bond acceptors (Lipinski definition) is 8. The first-order valence-corrected chi connectivity index (χ1v) is 21.0. The van der Waals surface area contributed by atoms with Gasteiger partial charge in [-0.05, 0) is 72.9 Å². The van der Waals surface area contributed by atoms with Gasteiger partial charge in [0.2, 0.25) is 0 Å². The second-order valence-corrected chi connectivity index (χ2v) is 17.8. The molecule has 0 saturated heterocycles. The number of aliphatic carboxylic acids is 1. The van der Waals surface area contributed by atoms with E-state index in [4.69, 9.17) is 4.74 Å². The second-order valence-electron chi connectivity index (χ2n) is 14.3. The zero-order chi connectivity index (χ0) is 39.6. The number of amides is 2. The highest BCUT2D eigenvalue weighted by atomic mass is 32.2. The number of carbonyl (C=O) groups is 3. The third-order valence-corrected chi connectivity index (χ3v) is 11.5. The Morgan fingerprint density at radius 2 is 1.33 bits per heavy atom. The molecule has 0 aliphatic rings. The molecular weight excluding hydrogens is 735 g/mol. The molecule has 0 saturated carbocycles. The van der Waals surface area contributed by atoms with E-state index in [-0.39, 0.29) is 17.7 Å². The summed E-state index contributed by atoms with van der Waals surface area (Å²) in [6.45, 7) is 5.80. The molecule has 0 aliphatic carbocycles. The van der Waals surface area contributed by atoms with Crippen LogP contribution in [0.2, 0.25) is 0 Å². The number of hydrogen-bond donors (Lipinski definition) is 4. The van der Waals surface area contributed by atoms with Crippen molar-refractivity contribution in [3.8, 4) is 0 Å². The van der Waals surface area contributed by atoms with Crippen molar-refractivity contribution in [3.63, 3.8) is 0 Å². The van der Waals surface area contributed by atoms with Crippen LogP contribution in [0.5, 0.6) is 0 Å². The van der Waals surface area contributed by atoms with Crippen LogP contribution < -0.4 is 16.0 Å². The second kappa shape index (κ2) is 17.9. The number of fused-ring (bicyclic) bond motifs is 1. The van der Waals surface area contributed by atoms with Crippen molar-refractivity contribution >= 4 is 56.0 Å². The number of nitrogens with one attached hydrogen (secondary N) is 3. The number of sulfone groups is 1. The van der Waals surface area contributed by atoms with Gasteiger partial charge in [0, 0.05) is 29.8 Å². The first-order valence-electron chi connectivity index (χ1n) is 17.9. The van der Waals surface area contributed by atoms with Crippen LogP contribution >= 0.6 is 11.8 Å². The lowest BCUT2D eigenvalue weighted by molar-refractivity contribution is -0.139. The summed E-state index contributed by atoms with van der Waals surface area (Å²) in [5, 5.41) is 20.0. The van der Waals surface area contributed by atoms with Crippen molar-refractivity contribution in [2.45, 2.75) is 49.6 Å². The van der Waals surface area contributed by atoms with Gasteiger partial charge < -0.3 is 25.8 Å². The minimum absolute atomic E-state index is 0.251. The molecule has 55 heavy (non-hydrogen) atoms. The Morgan fingerprint density at radius 3 is 1.84 bits per heavy atom. The van der Waals surface area contributed by atoms with Gasteiger partial charge in [0.05, 0.1) is 16.5 Å². The van der Waals surface area contributed by atoms with Crippen molar-refractivity contribution in [2.24, 2.45) is 0 Å². The van der Waals surface area contributed by atoms with E-state index < -0.39 is 50.2 Å². The normalized spacial score (nSPS) is 13.0. The molecule has 0 spiro atoms. The Bertz CT molecular complexity index is 2100. The van der Waals surface area contributed by atoms with Crippen LogP contribution in [0.4, 0.5) is 10.5 Å². The van der Waals surface area contributed by atoms with Crippen LogP contribution in [-0.4, -0.2) is 73.5 Å². The maximum absolute atomic E-state index is 13.3. The predicted octanol–water partition coefficient (Wildman–Crippen LogP) is 7.49. The molecule has 0 fully saturated rings. The lowest BCUT2D eigenvalue weighted by Gasteiger charge is -2.37. The van der Waals surface area contributed by atoms with Crippen LogP contribution in [0.15, 0.2) is 127 Å². The average Bonchev–Trinajstić information content (AvgIpc) is 3.15. The fourth-order valence-electron chi connectivity index (χ4n) is 6.28. The minimum Gasteiger partial charge on any atom is -0.480 e. The SMILES string of the molecule is CC(C)(C)OC(=O)N[C@H](CNc1ccc2c(C(=O)N[C@@H](CCS(C)(=O)=O)C(=O)O)cccc2c1)CSC(c1ccccc1)(c1ccccc1)c1ccccc1. The fraction of sp³-hybridized carbons (Fsp3) is 0.279. The molecular formula is C43H47N3O7S2. The monoisotopic (exact) mass is 781 g/mol. The summed E-state index contributed by atoms with van der Waals surface area (Å²) in [5.74, 6) is -1.81. The number of benzene rings is 5.